The van der Waals surface area contributed by atoms with Crippen molar-refractivity contribution >= 4 is 0 Å². The van der Waals surface area contributed by atoms with E-state index in [9.17, 15) is 0 Å². The Morgan fingerprint density at radius 3 is 2.89 bits per heavy atom. The molecule has 0 aromatic heterocycles. The third-order valence-corrected chi connectivity index (χ3v) is 1.74. The van der Waals surface area contributed by atoms with Crippen LogP contribution in [0.1, 0.15) is 13.8 Å². The monoisotopic (exact) mass is 128 g/mol. The lowest BCUT2D eigenvalue weighted by molar-refractivity contribution is 0.0464. The largest absolute Gasteiger partial charge is 0.378 e. The number of hydrogen-bond donors (Lipinski definition) is 0. The molecule has 0 aromatic rings. The minimum atomic E-state index is 0.827. The summed E-state index contributed by atoms with van der Waals surface area (Å²) in [5, 5.41) is 0. The SMILES string of the molecule is CCN1CCOC[C]1C. The zero-order valence-corrected chi connectivity index (χ0v) is 6.18. The van der Waals surface area contributed by atoms with Gasteiger partial charge in [-0.25, -0.2) is 0 Å². The Kier molecular flexibility index (Phi) is 2.49. The van der Waals surface area contributed by atoms with E-state index in [-0.39, 0.29) is 0 Å². The van der Waals surface area contributed by atoms with E-state index in [1.807, 2.05) is 0 Å². The maximum Gasteiger partial charge on any atom is 0.0667 e. The van der Waals surface area contributed by atoms with Crippen LogP contribution in [-0.2, 0) is 4.74 Å². The Bertz CT molecular complexity index is 85.0. The van der Waals surface area contributed by atoms with Crippen LogP contribution in [0.5, 0.6) is 0 Å². The van der Waals surface area contributed by atoms with Crippen LogP contribution in [0.15, 0.2) is 0 Å². The summed E-state index contributed by atoms with van der Waals surface area (Å²) in [6, 6.07) is 1.36. The first-order valence-electron chi connectivity index (χ1n) is 3.49. The molecule has 0 atom stereocenters. The maximum absolute atomic E-state index is 5.24. The molecule has 9 heavy (non-hydrogen) atoms. The molecule has 0 amide bonds. The van der Waals surface area contributed by atoms with Crippen molar-refractivity contribution in [3.63, 3.8) is 0 Å². The molecule has 0 bridgehead atoms. The number of likely N-dealkylation sites (N-methyl/N-ethyl adjacent to an activating group) is 1. The molecule has 1 radical (unpaired) electrons. The van der Waals surface area contributed by atoms with Crippen LogP contribution in [0.25, 0.3) is 0 Å². The summed E-state index contributed by atoms with van der Waals surface area (Å²) in [6.07, 6.45) is 0. The number of morpholine rings is 1. The molecule has 2 nitrogen and oxygen atoms in total. The predicted molar refractivity (Wildman–Crippen MR) is 37.0 cm³/mol. The molecule has 1 fully saturated rings. The van der Waals surface area contributed by atoms with Crippen molar-refractivity contribution in [2.24, 2.45) is 0 Å². The Labute approximate surface area is 56.8 Å². The number of ether oxygens (including phenoxy) is 1. The van der Waals surface area contributed by atoms with E-state index in [0.29, 0.717) is 0 Å². The third-order valence-electron chi connectivity index (χ3n) is 1.74. The smallest absolute Gasteiger partial charge is 0.0667 e. The first-order chi connectivity index (χ1) is 4.34. The van der Waals surface area contributed by atoms with E-state index in [1.165, 1.54) is 6.04 Å². The van der Waals surface area contributed by atoms with E-state index in [2.05, 4.69) is 18.7 Å². The van der Waals surface area contributed by atoms with E-state index in [0.717, 1.165) is 26.3 Å². The molecular formula is C7H14NO. The van der Waals surface area contributed by atoms with Crippen molar-refractivity contribution in [1.29, 1.82) is 0 Å². The van der Waals surface area contributed by atoms with Gasteiger partial charge < -0.3 is 4.74 Å². The highest BCUT2D eigenvalue weighted by molar-refractivity contribution is 4.86. The zero-order valence-electron chi connectivity index (χ0n) is 6.18. The second kappa shape index (κ2) is 3.18. The molecule has 0 spiro atoms. The fourth-order valence-corrected chi connectivity index (χ4v) is 1.10. The highest BCUT2D eigenvalue weighted by atomic mass is 16.5. The molecule has 2 heteroatoms. The zero-order chi connectivity index (χ0) is 6.69. The summed E-state index contributed by atoms with van der Waals surface area (Å²) in [4.78, 5) is 2.35. The Hall–Kier alpha value is -0.0800. The van der Waals surface area contributed by atoms with Crippen LogP contribution in [0.3, 0.4) is 0 Å². The maximum atomic E-state index is 5.24. The van der Waals surface area contributed by atoms with Gasteiger partial charge in [0.2, 0.25) is 0 Å². The summed E-state index contributed by atoms with van der Waals surface area (Å²) in [7, 11) is 0. The summed E-state index contributed by atoms with van der Waals surface area (Å²) in [5.74, 6) is 0. The second-order valence-electron chi connectivity index (χ2n) is 2.37. The number of rotatable bonds is 1. The quantitative estimate of drug-likeness (QED) is 0.520. The molecule has 1 rings (SSSR count). The number of hydrogen-bond acceptors (Lipinski definition) is 2. The minimum absolute atomic E-state index is 0.827. The summed E-state index contributed by atoms with van der Waals surface area (Å²) in [5.41, 5.74) is 0. The molecule has 0 aromatic carbocycles. The van der Waals surface area contributed by atoms with Gasteiger partial charge in [-0.2, -0.15) is 0 Å². The highest BCUT2D eigenvalue weighted by Crippen LogP contribution is 2.11. The van der Waals surface area contributed by atoms with Gasteiger partial charge in [-0.05, 0) is 13.5 Å². The first-order valence-corrected chi connectivity index (χ1v) is 3.49. The van der Waals surface area contributed by atoms with E-state index < -0.39 is 0 Å². The lowest BCUT2D eigenvalue weighted by Crippen LogP contribution is -2.37. The molecule has 0 aliphatic carbocycles. The van der Waals surface area contributed by atoms with Crippen LogP contribution >= 0.6 is 0 Å². The van der Waals surface area contributed by atoms with Gasteiger partial charge in [0.1, 0.15) is 0 Å². The van der Waals surface area contributed by atoms with E-state index in [4.69, 9.17) is 4.74 Å². The van der Waals surface area contributed by atoms with Gasteiger partial charge in [-0.3, -0.25) is 4.90 Å². The Balaban J connectivity index is 2.30. The van der Waals surface area contributed by atoms with Gasteiger partial charge in [0.05, 0.1) is 19.3 Å². The normalized spacial score (nSPS) is 24.7. The topological polar surface area (TPSA) is 12.5 Å². The standard InChI is InChI=1S/C7H14NO/c1-3-8-4-5-9-6-7(8)2/h3-6H2,1-2H3. The van der Waals surface area contributed by atoms with Crippen molar-refractivity contribution in [3.05, 3.63) is 6.04 Å². The lowest BCUT2D eigenvalue weighted by atomic mass is 10.2. The average Bonchev–Trinajstić information content (AvgIpc) is 1.89. The highest BCUT2D eigenvalue weighted by Gasteiger charge is 2.16. The van der Waals surface area contributed by atoms with Crippen molar-refractivity contribution in [2.75, 3.05) is 26.3 Å². The fraction of sp³-hybridized carbons (Fsp3) is 0.857. The van der Waals surface area contributed by atoms with Crippen LogP contribution < -0.4 is 0 Å². The van der Waals surface area contributed by atoms with Crippen molar-refractivity contribution in [2.45, 2.75) is 13.8 Å². The van der Waals surface area contributed by atoms with Gasteiger partial charge in [0.15, 0.2) is 0 Å². The van der Waals surface area contributed by atoms with Gasteiger partial charge in [0, 0.05) is 6.54 Å². The van der Waals surface area contributed by atoms with Crippen LogP contribution in [-0.4, -0.2) is 31.2 Å². The van der Waals surface area contributed by atoms with Crippen molar-refractivity contribution in [1.82, 2.24) is 4.90 Å². The van der Waals surface area contributed by atoms with Gasteiger partial charge in [0.25, 0.3) is 0 Å². The third kappa shape index (κ3) is 1.66. The Morgan fingerprint density at radius 1 is 1.67 bits per heavy atom. The molecule has 0 unspecified atom stereocenters. The number of nitrogens with zero attached hydrogens (tertiary/aromatic N) is 1. The van der Waals surface area contributed by atoms with Crippen molar-refractivity contribution in [3.8, 4) is 0 Å². The van der Waals surface area contributed by atoms with Crippen LogP contribution in [0, 0.1) is 6.04 Å². The van der Waals surface area contributed by atoms with Gasteiger partial charge in [-0.15, -0.1) is 0 Å². The van der Waals surface area contributed by atoms with Gasteiger partial charge >= 0.3 is 0 Å². The molecule has 1 aliphatic rings. The van der Waals surface area contributed by atoms with Crippen LogP contribution in [0.4, 0.5) is 0 Å². The van der Waals surface area contributed by atoms with E-state index >= 15 is 0 Å². The molecule has 0 saturated carbocycles. The molecule has 1 heterocycles. The van der Waals surface area contributed by atoms with Gasteiger partial charge in [-0.1, -0.05) is 6.92 Å². The fourth-order valence-electron chi connectivity index (χ4n) is 1.10. The Morgan fingerprint density at radius 2 is 2.44 bits per heavy atom. The van der Waals surface area contributed by atoms with E-state index in [1.54, 1.807) is 0 Å². The molecule has 1 saturated heterocycles. The molecular weight excluding hydrogens is 114 g/mol. The average molecular weight is 128 g/mol. The summed E-state index contributed by atoms with van der Waals surface area (Å²) in [6.45, 7) is 8.22. The minimum Gasteiger partial charge on any atom is -0.378 e. The molecule has 53 valence electrons. The molecule has 0 N–H and O–H groups in total. The predicted octanol–water partition coefficient (Wildman–Crippen LogP) is 0.890. The lowest BCUT2D eigenvalue weighted by Gasteiger charge is -2.31. The summed E-state index contributed by atoms with van der Waals surface area (Å²) < 4.78 is 5.24. The molecule has 1 aliphatic heterocycles. The van der Waals surface area contributed by atoms with Crippen molar-refractivity contribution < 1.29 is 4.74 Å². The first kappa shape index (κ1) is 7.03. The summed E-state index contributed by atoms with van der Waals surface area (Å²) >= 11 is 0. The second-order valence-corrected chi connectivity index (χ2v) is 2.37. The van der Waals surface area contributed by atoms with Crippen LogP contribution in [0.2, 0.25) is 0 Å².